The number of non-ortho nitro benzene ring substituents is 1. The smallest absolute Gasteiger partial charge is 0.405 e. The first-order chi connectivity index (χ1) is 20.0. The highest BCUT2D eigenvalue weighted by atomic mass is 32.2. The molecule has 5 atom stereocenters. The zero-order valence-corrected chi connectivity index (χ0v) is 23.4. The number of thioether (sulfide) groups is 1. The van der Waals surface area contributed by atoms with Crippen LogP contribution in [0.1, 0.15) is 25.1 Å². The van der Waals surface area contributed by atoms with E-state index in [-0.39, 0.29) is 31.0 Å². The minimum Gasteiger partial charge on any atom is -0.480 e. The van der Waals surface area contributed by atoms with Crippen molar-refractivity contribution in [1.82, 2.24) is 10.2 Å². The number of carboxylic acids is 1. The molecule has 4 heterocycles. The van der Waals surface area contributed by atoms with Gasteiger partial charge in [-0.15, -0.1) is 0 Å². The lowest BCUT2D eigenvalue weighted by Gasteiger charge is -2.30. The molecule has 2 saturated heterocycles. The summed E-state index contributed by atoms with van der Waals surface area (Å²) in [5.41, 5.74) is -1.33. The Balaban J connectivity index is 1.47. The summed E-state index contributed by atoms with van der Waals surface area (Å²) in [6.07, 6.45) is 1.81. The van der Waals surface area contributed by atoms with Crippen molar-refractivity contribution in [3.05, 3.63) is 62.4 Å². The summed E-state index contributed by atoms with van der Waals surface area (Å²) in [5, 5.41) is 36.0. The summed E-state index contributed by atoms with van der Waals surface area (Å²) in [5.74, 6) is -3.54. The molecule has 16 heteroatoms. The van der Waals surface area contributed by atoms with Crippen LogP contribution < -0.4 is 5.32 Å². The highest BCUT2D eigenvalue weighted by molar-refractivity contribution is 7.98. The summed E-state index contributed by atoms with van der Waals surface area (Å²) in [6, 6.07) is 7.90. The van der Waals surface area contributed by atoms with E-state index in [2.05, 4.69) is 10.3 Å². The number of likely N-dealkylation sites (tertiary alicyclic amines) is 1. The summed E-state index contributed by atoms with van der Waals surface area (Å²) >= 11 is 1.40. The normalized spacial score (nSPS) is 26.8. The Hall–Kier alpha value is -4.44. The van der Waals surface area contributed by atoms with Gasteiger partial charge in [0.15, 0.2) is 0 Å². The first-order valence-electron chi connectivity index (χ1n) is 13.0. The molecule has 3 aliphatic heterocycles. The molecule has 2 amide bonds. The lowest BCUT2D eigenvalue weighted by atomic mass is 9.78. The third-order valence-electron chi connectivity index (χ3n) is 8.03. The second kappa shape index (κ2) is 11.1. The largest absolute Gasteiger partial charge is 0.480 e. The second-order valence-electron chi connectivity index (χ2n) is 10.2. The van der Waals surface area contributed by atoms with Gasteiger partial charge in [-0.3, -0.25) is 44.8 Å². The summed E-state index contributed by atoms with van der Waals surface area (Å²) < 4.78 is 7.41. The highest BCUT2D eigenvalue weighted by Gasteiger charge is 2.68. The number of amides is 2. The Morgan fingerprint density at radius 2 is 1.90 bits per heavy atom. The van der Waals surface area contributed by atoms with Crippen LogP contribution in [0.2, 0.25) is 0 Å². The predicted octanol–water partition coefficient (Wildman–Crippen LogP) is 1.79. The number of carbonyl (C=O) groups excluding carboxylic acids is 2. The zero-order chi connectivity index (χ0) is 30.3. The number of imide groups is 1. The molecular weight excluding hydrogens is 572 g/mol. The van der Waals surface area contributed by atoms with Gasteiger partial charge >= 0.3 is 12.1 Å². The number of rotatable bonds is 11. The van der Waals surface area contributed by atoms with Gasteiger partial charge in [0.25, 0.3) is 11.5 Å². The molecule has 2 fully saturated rings. The second-order valence-corrected chi connectivity index (χ2v) is 11.2. The number of fused-ring (bicyclic) bond motifs is 1. The lowest BCUT2D eigenvalue weighted by Crippen LogP contribution is -2.56. The van der Waals surface area contributed by atoms with Crippen molar-refractivity contribution in [3.63, 3.8) is 0 Å². The van der Waals surface area contributed by atoms with Gasteiger partial charge < -0.3 is 9.52 Å². The van der Waals surface area contributed by atoms with Gasteiger partial charge in [-0.1, -0.05) is 0 Å². The average molecular weight is 600 g/mol. The quantitative estimate of drug-likeness (QED) is 0.165. The molecule has 1 aromatic carbocycles. The van der Waals surface area contributed by atoms with Crippen molar-refractivity contribution in [2.75, 3.05) is 25.1 Å². The minimum atomic E-state index is -1.76. The van der Waals surface area contributed by atoms with Gasteiger partial charge in [-0.05, 0) is 47.7 Å². The number of nitro benzene ring substituents is 1. The van der Waals surface area contributed by atoms with Crippen LogP contribution in [-0.4, -0.2) is 91.1 Å². The molecule has 220 valence electrons. The van der Waals surface area contributed by atoms with E-state index in [9.17, 15) is 39.7 Å². The van der Waals surface area contributed by atoms with Gasteiger partial charge in [0.2, 0.25) is 18.0 Å². The topological polar surface area (TPSA) is 202 Å². The van der Waals surface area contributed by atoms with Crippen LogP contribution >= 0.6 is 11.8 Å². The van der Waals surface area contributed by atoms with Crippen molar-refractivity contribution in [3.8, 4) is 11.3 Å². The lowest BCUT2D eigenvalue weighted by molar-refractivity contribution is -0.735. The number of hydrogen-bond donors (Lipinski definition) is 2. The van der Waals surface area contributed by atoms with E-state index in [0.717, 1.165) is 4.90 Å². The van der Waals surface area contributed by atoms with Crippen LogP contribution in [0.4, 0.5) is 5.69 Å². The molecule has 5 rings (SSSR count). The van der Waals surface area contributed by atoms with Crippen molar-refractivity contribution in [2.24, 2.45) is 16.8 Å². The van der Waals surface area contributed by atoms with Crippen molar-refractivity contribution in [2.45, 2.75) is 31.1 Å². The fraction of sp³-hybridized carbons (Fsp3) is 0.423. The molecule has 5 unspecified atom stereocenters. The third-order valence-corrected chi connectivity index (χ3v) is 8.65. The number of hydrogen-bond acceptors (Lipinski definition) is 11. The SMILES string of the molecule is CSCCC1(C(=O)O)NC(c2ccc(-c3ccc([N+](=O)[O-])cc3)o2)C2C(=O)N(CC[N+]3=C(C)N=CC3[N+](=O)[O-])C(=O)C21. The molecule has 2 aromatic rings. The molecule has 0 bridgehead atoms. The van der Waals surface area contributed by atoms with E-state index in [1.165, 1.54) is 46.8 Å². The molecular formula is C26H27N6O9S+. The molecule has 0 spiro atoms. The fourth-order valence-electron chi connectivity index (χ4n) is 5.94. The van der Waals surface area contributed by atoms with E-state index >= 15 is 0 Å². The first kappa shape index (κ1) is 29.1. The number of nitrogens with one attached hydrogen (secondary N) is 1. The number of aliphatic carboxylic acids is 1. The minimum absolute atomic E-state index is 0.0532. The first-order valence-corrected chi connectivity index (χ1v) is 14.4. The Bertz CT molecular complexity index is 1540. The Morgan fingerprint density at radius 3 is 2.52 bits per heavy atom. The maximum atomic E-state index is 13.8. The standard InChI is InChI=1S/C26H26N6O9S/c1-14-27-13-19(32(39)40)29(14)10-11-30-23(33)20-21(24(30)34)26(25(35)36,9-12-42-2)28-22(20)18-8-7-17(41-18)15-3-5-16(6-4-15)31(37)38/h3-8,13,19-22,28H,9-12H2,1-2H3/p+1. The van der Waals surface area contributed by atoms with Gasteiger partial charge in [-0.25, -0.2) is 0 Å². The Morgan fingerprint density at radius 1 is 1.19 bits per heavy atom. The predicted molar refractivity (Wildman–Crippen MR) is 149 cm³/mol. The molecule has 0 aliphatic carbocycles. The highest BCUT2D eigenvalue weighted by Crippen LogP contribution is 2.51. The molecule has 42 heavy (non-hydrogen) atoms. The monoisotopic (exact) mass is 599 g/mol. The van der Waals surface area contributed by atoms with Crippen LogP contribution in [0.5, 0.6) is 0 Å². The number of carbonyl (C=O) groups is 3. The van der Waals surface area contributed by atoms with Crippen molar-refractivity contribution < 1.29 is 38.3 Å². The maximum Gasteiger partial charge on any atom is 0.405 e. The van der Waals surface area contributed by atoms with E-state index in [4.69, 9.17) is 4.42 Å². The van der Waals surface area contributed by atoms with E-state index in [1.54, 1.807) is 25.3 Å². The molecule has 1 aromatic heterocycles. The number of nitro groups is 2. The number of amidine groups is 1. The molecule has 2 N–H and O–H groups in total. The molecule has 3 aliphatic rings. The number of carboxylic acid groups (broad SMARTS) is 1. The number of furan rings is 1. The van der Waals surface area contributed by atoms with E-state index in [0.29, 0.717) is 22.9 Å². The van der Waals surface area contributed by atoms with Crippen LogP contribution in [-0.2, 0) is 14.4 Å². The van der Waals surface area contributed by atoms with Gasteiger partial charge in [-0.2, -0.15) is 16.3 Å². The maximum absolute atomic E-state index is 13.8. The number of benzene rings is 1. The number of nitrogens with zero attached hydrogens (tertiary/aromatic N) is 5. The molecule has 0 saturated carbocycles. The summed E-state index contributed by atoms with van der Waals surface area (Å²) in [7, 11) is 0. The summed E-state index contributed by atoms with van der Waals surface area (Å²) in [6.45, 7) is 1.34. The Kier molecular flexibility index (Phi) is 7.68. The van der Waals surface area contributed by atoms with Crippen LogP contribution in [0.15, 0.2) is 45.8 Å². The fourth-order valence-corrected chi connectivity index (χ4v) is 6.46. The summed E-state index contributed by atoms with van der Waals surface area (Å²) in [4.78, 5) is 66.8. The van der Waals surface area contributed by atoms with E-state index in [1.807, 2.05) is 0 Å². The Labute approximate surface area is 242 Å². The number of aliphatic imine (C=N–C) groups is 1. The van der Waals surface area contributed by atoms with Crippen LogP contribution in [0.3, 0.4) is 0 Å². The van der Waals surface area contributed by atoms with Crippen LogP contribution in [0.25, 0.3) is 11.3 Å². The van der Waals surface area contributed by atoms with Gasteiger partial charge in [0.05, 0.1) is 34.3 Å². The van der Waals surface area contributed by atoms with Crippen molar-refractivity contribution in [1.29, 1.82) is 0 Å². The van der Waals surface area contributed by atoms with Gasteiger partial charge in [0.1, 0.15) is 23.6 Å². The average Bonchev–Trinajstić information content (AvgIpc) is 3.71. The van der Waals surface area contributed by atoms with Gasteiger partial charge in [0, 0.05) is 24.6 Å². The third kappa shape index (κ3) is 4.75. The molecule has 0 radical (unpaired) electrons. The van der Waals surface area contributed by atoms with Crippen LogP contribution in [0, 0.1) is 32.1 Å². The molecule has 15 nitrogen and oxygen atoms in total. The zero-order valence-electron chi connectivity index (χ0n) is 22.5. The van der Waals surface area contributed by atoms with Crippen molar-refractivity contribution >= 4 is 47.3 Å². The van der Waals surface area contributed by atoms with E-state index < -0.39 is 57.2 Å².